The third-order valence-electron chi connectivity index (χ3n) is 8.67. The molecule has 0 fully saturated rings. The first-order chi connectivity index (χ1) is 24.0. The summed E-state index contributed by atoms with van der Waals surface area (Å²) in [5.41, 5.74) is 14.4. The number of carbonyl (C=O) groups excluding carboxylic acids is 6. The van der Waals surface area contributed by atoms with Crippen molar-refractivity contribution in [1.29, 1.82) is 0 Å². The molecule has 7 rings (SSSR count). The fraction of sp³-hybridized carbons (Fsp3) is 0.0526. The summed E-state index contributed by atoms with van der Waals surface area (Å²) in [5.74, 6) is -5.08. The smallest absolute Gasteiger partial charge is 0.340 e. The van der Waals surface area contributed by atoms with Gasteiger partial charge in [-0.1, -0.05) is 36.4 Å². The first-order valence-electron chi connectivity index (χ1n) is 15.1. The summed E-state index contributed by atoms with van der Waals surface area (Å²) in [4.78, 5) is 83.4. The molecule has 2 heterocycles. The Bertz CT molecular complexity index is 2170. The maximum absolute atomic E-state index is 13.9. The van der Waals surface area contributed by atoms with Crippen LogP contribution >= 0.6 is 0 Å². The van der Waals surface area contributed by atoms with Crippen LogP contribution < -0.4 is 21.3 Å². The van der Waals surface area contributed by atoms with Crippen molar-refractivity contribution in [3.63, 3.8) is 0 Å². The van der Waals surface area contributed by atoms with E-state index in [2.05, 4.69) is 0 Å². The molecule has 2 aliphatic rings. The number of hydrogen-bond donors (Lipinski definition) is 2. The van der Waals surface area contributed by atoms with Gasteiger partial charge in [0.2, 0.25) is 0 Å². The Morgan fingerprint density at radius 1 is 0.460 bits per heavy atom. The summed E-state index contributed by atoms with van der Waals surface area (Å²) < 4.78 is 9.98. The van der Waals surface area contributed by atoms with Gasteiger partial charge in [0, 0.05) is 11.4 Å². The van der Waals surface area contributed by atoms with E-state index in [1.807, 2.05) is 0 Å². The molecule has 2 aliphatic heterocycles. The van der Waals surface area contributed by atoms with Crippen LogP contribution in [0.1, 0.15) is 62.1 Å². The average Bonchev–Trinajstić information content (AvgIpc) is 3.53. The quantitative estimate of drug-likeness (QED) is 0.136. The molecule has 50 heavy (non-hydrogen) atoms. The molecule has 0 saturated carbocycles. The number of anilines is 4. The number of rotatable bonds is 6. The number of ether oxygens (including phenoxy) is 2. The maximum atomic E-state index is 13.9. The molecular weight excluding hydrogens is 640 g/mol. The van der Waals surface area contributed by atoms with Crippen molar-refractivity contribution >= 4 is 58.3 Å². The molecule has 5 aromatic rings. The molecule has 0 radical (unpaired) electrons. The van der Waals surface area contributed by atoms with E-state index in [0.717, 1.165) is 47.3 Å². The lowest BCUT2D eigenvalue weighted by molar-refractivity contribution is 0.0587. The highest BCUT2D eigenvalue weighted by Gasteiger charge is 2.43. The van der Waals surface area contributed by atoms with Crippen LogP contribution in [0.4, 0.5) is 22.7 Å². The Labute approximate surface area is 284 Å². The van der Waals surface area contributed by atoms with E-state index in [4.69, 9.17) is 20.9 Å². The predicted octanol–water partition coefficient (Wildman–Crippen LogP) is 5.36. The predicted molar refractivity (Wildman–Crippen MR) is 184 cm³/mol. The second-order valence-corrected chi connectivity index (χ2v) is 11.5. The van der Waals surface area contributed by atoms with Crippen molar-refractivity contribution in [2.75, 3.05) is 35.5 Å². The van der Waals surface area contributed by atoms with Crippen molar-refractivity contribution in [3.05, 3.63) is 130 Å². The second-order valence-electron chi connectivity index (χ2n) is 11.5. The number of nitrogen functional groups attached to an aromatic ring is 2. The number of fused-ring (bicyclic) bond motifs is 2. The Morgan fingerprint density at radius 3 is 1.12 bits per heavy atom. The molecule has 4 N–H and O–H groups in total. The summed E-state index contributed by atoms with van der Waals surface area (Å²) in [5, 5.41) is 0. The molecule has 0 saturated heterocycles. The average molecular weight is 667 g/mol. The van der Waals surface area contributed by atoms with Crippen molar-refractivity contribution in [2.24, 2.45) is 0 Å². The molecule has 0 spiro atoms. The van der Waals surface area contributed by atoms with E-state index < -0.39 is 35.6 Å². The van der Waals surface area contributed by atoms with Crippen LogP contribution in [0.25, 0.3) is 22.3 Å². The first kappa shape index (κ1) is 31.5. The lowest BCUT2D eigenvalue weighted by Gasteiger charge is -2.23. The van der Waals surface area contributed by atoms with Gasteiger partial charge in [0.25, 0.3) is 23.6 Å². The fourth-order valence-electron chi connectivity index (χ4n) is 6.12. The van der Waals surface area contributed by atoms with E-state index >= 15 is 0 Å². The topological polar surface area (TPSA) is 179 Å². The molecule has 12 heteroatoms. The molecule has 0 aliphatic carbocycles. The van der Waals surface area contributed by atoms with Crippen LogP contribution in [0.15, 0.2) is 97.1 Å². The molecule has 0 aromatic heterocycles. The number of amides is 4. The zero-order valence-corrected chi connectivity index (χ0v) is 26.6. The van der Waals surface area contributed by atoms with Crippen molar-refractivity contribution in [3.8, 4) is 22.3 Å². The number of esters is 2. The van der Waals surface area contributed by atoms with E-state index in [-0.39, 0.29) is 44.8 Å². The first-order valence-corrected chi connectivity index (χ1v) is 15.1. The number of carbonyl (C=O) groups is 6. The number of hydrogen-bond acceptors (Lipinski definition) is 10. The molecule has 4 amide bonds. The van der Waals surface area contributed by atoms with Gasteiger partial charge in [-0.05, 0) is 82.9 Å². The van der Waals surface area contributed by atoms with Crippen molar-refractivity contribution < 1.29 is 38.2 Å². The highest BCUT2D eigenvalue weighted by Crippen LogP contribution is 2.40. The number of nitrogens with two attached hydrogens (primary N) is 2. The Balaban J connectivity index is 1.33. The minimum Gasteiger partial charge on any atom is -0.465 e. The zero-order valence-electron chi connectivity index (χ0n) is 26.6. The molecule has 12 nitrogen and oxygen atoms in total. The monoisotopic (exact) mass is 666 g/mol. The van der Waals surface area contributed by atoms with Crippen LogP contribution in [0.5, 0.6) is 0 Å². The third-order valence-corrected chi connectivity index (χ3v) is 8.67. The van der Waals surface area contributed by atoms with Gasteiger partial charge in [-0.15, -0.1) is 0 Å². The lowest BCUT2D eigenvalue weighted by atomic mass is 10.00. The standard InChI is InChI=1S/C38H26N4O8/c1-49-37(47)29-17-32(42-34(44)26-14-8-22(16-28(26)36(42)46)20-5-11-24(40)12-6-20)30(38(48)50-2)18-31(29)41-33(43)25-13-7-21(15-27(25)35(41)45)19-3-9-23(39)10-4-19/h3-18H,39-40H2,1-2H3. The molecule has 5 aromatic carbocycles. The van der Waals surface area contributed by atoms with E-state index in [9.17, 15) is 28.8 Å². The van der Waals surface area contributed by atoms with Gasteiger partial charge in [-0.2, -0.15) is 0 Å². The summed E-state index contributed by atoms with van der Waals surface area (Å²) in [7, 11) is 2.17. The lowest BCUT2D eigenvalue weighted by Crippen LogP contribution is -2.34. The minimum absolute atomic E-state index is 0.0566. The van der Waals surface area contributed by atoms with Gasteiger partial charge in [0.05, 0.1) is 59.0 Å². The maximum Gasteiger partial charge on any atom is 0.340 e. The van der Waals surface area contributed by atoms with Gasteiger partial charge in [-0.25, -0.2) is 19.4 Å². The second kappa shape index (κ2) is 11.9. The van der Waals surface area contributed by atoms with Gasteiger partial charge >= 0.3 is 11.9 Å². The summed E-state index contributed by atoms with van der Waals surface area (Å²) in [6, 6.07) is 25.4. The van der Waals surface area contributed by atoms with Crippen LogP contribution in [-0.4, -0.2) is 49.8 Å². The Hall–Kier alpha value is -7.08. The Kier molecular flexibility index (Phi) is 7.48. The highest BCUT2D eigenvalue weighted by molar-refractivity contribution is 6.37. The Morgan fingerprint density at radius 2 is 0.780 bits per heavy atom. The van der Waals surface area contributed by atoms with Crippen LogP contribution in [0.3, 0.4) is 0 Å². The third kappa shape index (κ3) is 4.94. The van der Waals surface area contributed by atoms with E-state index in [1.54, 1.807) is 72.8 Å². The van der Waals surface area contributed by atoms with Gasteiger partial charge < -0.3 is 20.9 Å². The fourth-order valence-corrected chi connectivity index (χ4v) is 6.12. The van der Waals surface area contributed by atoms with Gasteiger partial charge in [0.15, 0.2) is 0 Å². The molecule has 0 unspecified atom stereocenters. The number of imide groups is 2. The van der Waals surface area contributed by atoms with Crippen molar-refractivity contribution in [1.82, 2.24) is 0 Å². The molecular formula is C38H26N4O8. The largest absolute Gasteiger partial charge is 0.465 e. The van der Waals surface area contributed by atoms with Gasteiger partial charge in [0.1, 0.15) is 0 Å². The van der Waals surface area contributed by atoms with Crippen molar-refractivity contribution in [2.45, 2.75) is 0 Å². The number of nitrogens with zero attached hydrogens (tertiary/aromatic N) is 2. The number of methoxy groups -OCH3 is 2. The highest BCUT2D eigenvalue weighted by atomic mass is 16.5. The van der Waals surface area contributed by atoms with Crippen LogP contribution in [-0.2, 0) is 9.47 Å². The van der Waals surface area contributed by atoms with Crippen LogP contribution in [0, 0.1) is 0 Å². The van der Waals surface area contributed by atoms with E-state index in [0.29, 0.717) is 22.5 Å². The molecule has 0 bridgehead atoms. The SMILES string of the molecule is COC(=O)c1cc(N2C(=O)c3ccc(-c4ccc(N)cc4)cc3C2=O)c(C(=O)OC)cc1N1C(=O)c2ccc(-c3ccc(N)cc3)cc2C1=O. The van der Waals surface area contributed by atoms with Crippen LogP contribution in [0.2, 0.25) is 0 Å². The van der Waals surface area contributed by atoms with Gasteiger partial charge in [-0.3, -0.25) is 19.2 Å². The molecule has 0 atom stereocenters. The zero-order chi connectivity index (χ0) is 35.4. The minimum atomic E-state index is -1.00. The summed E-state index contributed by atoms with van der Waals surface area (Å²) >= 11 is 0. The van der Waals surface area contributed by atoms with E-state index in [1.165, 1.54) is 12.1 Å². The summed E-state index contributed by atoms with van der Waals surface area (Å²) in [6.45, 7) is 0. The normalized spacial score (nSPS) is 13.4. The summed E-state index contributed by atoms with van der Waals surface area (Å²) in [6.07, 6.45) is 0. The number of benzene rings is 5. The molecule has 246 valence electrons.